The van der Waals surface area contributed by atoms with E-state index in [1.165, 1.54) is 0 Å². The third-order valence-electron chi connectivity index (χ3n) is 3.01. The van der Waals surface area contributed by atoms with Crippen molar-refractivity contribution in [2.45, 2.75) is 38.5 Å². The van der Waals surface area contributed by atoms with Crippen LogP contribution in [0, 0.1) is 6.92 Å². The maximum Gasteiger partial charge on any atom is 0.274 e. The van der Waals surface area contributed by atoms with E-state index in [0.29, 0.717) is 0 Å². The zero-order valence-corrected chi connectivity index (χ0v) is 8.70. The van der Waals surface area contributed by atoms with Crippen molar-refractivity contribution in [1.29, 1.82) is 0 Å². The van der Waals surface area contributed by atoms with Gasteiger partial charge in [0.2, 0.25) is 0 Å². The molecule has 0 nitrogen and oxygen atoms in total. The van der Waals surface area contributed by atoms with Crippen molar-refractivity contribution in [3.63, 3.8) is 0 Å². The summed E-state index contributed by atoms with van der Waals surface area (Å²) in [6.07, 6.45) is -0.0693. The van der Waals surface area contributed by atoms with Gasteiger partial charge in [0, 0.05) is 12.0 Å². The number of alkyl halides is 2. The molecule has 0 radical (unpaired) electrons. The Kier molecular flexibility index (Phi) is 1.76. The van der Waals surface area contributed by atoms with Gasteiger partial charge in [-0.05, 0) is 23.5 Å². The van der Waals surface area contributed by atoms with Crippen LogP contribution in [-0.2, 0) is 11.3 Å². The zero-order valence-electron chi connectivity index (χ0n) is 8.70. The number of fused-ring (bicyclic) bond motifs is 1. The van der Waals surface area contributed by atoms with Gasteiger partial charge in [0.15, 0.2) is 0 Å². The Balaban J connectivity index is 2.72. The first-order valence-corrected chi connectivity index (χ1v) is 4.83. The second kappa shape index (κ2) is 2.56. The molecule has 1 aromatic carbocycles. The van der Waals surface area contributed by atoms with E-state index in [-0.39, 0.29) is 12.0 Å². The van der Waals surface area contributed by atoms with Crippen molar-refractivity contribution in [3.8, 4) is 0 Å². The Morgan fingerprint density at radius 3 is 2.43 bits per heavy atom. The highest BCUT2D eigenvalue weighted by atomic mass is 19.3. The third-order valence-corrected chi connectivity index (χ3v) is 3.01. The molecule has 1 aromatic rings. The van der Waals surface area contributed by atoms with Gasteiger partial charge < -0.3 is 0 Å². The Bertz CT molecular complexity index is 378. The molecule has 2 heteroatoms. The topological polar surface area (TPSA) is 0 Å². The van der Waals surface area contributed by atoms with Gasteiger partial charge in [0.25, 0.3) is 5.92 Å². The number of aryl methyl sites for hydroxylation is 1. The summed E-state index contributed by atoms with van der Waals surface area (Å²) in [4.78, 5) is 0. The summed E-state index contributed by atoms with van der Waals surface area (Å²) >= 11 is 0. The van der Waals surface area contributed by atoms with E-state index in [0.717, 1.165) is 11.1 Å². The summed E-state index contributed by atoms with van der Waals surface area (Å²) in [5.41, 5.74) is 1.64. The Morgan fingerprint density at radius 2 is 1.86 bits per heavy atom. The van der Waals surface area contributed by atoms with Crippen molar-refractivity contribution in [1.82, 2.24) is 0 Å². The van der Waals surface area contributed by atoms with Crippen LogP contribution >= 0.6 is 0 Å². The Morgan fingerprint density at radius 1 is 1.21 bits per heavy atom. The Hall–Kier alpha value is -0.920. The smallest absolute Gasteiger partial charge is 0.201 e. The van der Waals surface area contributed by atoms with Gasteiger partial charge in [-0.1, -0.05) is 32.0 Å². The van der Waals surface area contributed by atoms with E-state index in [9.17, 15) is 8.78 Å². The molecule has 14 heavy (non-hydrogen) atoms. The summed E-state index contributed by atoms with van der Waals surface area (Å²) in [5.74, 6) is -2.65. The van der Waals surface area contributed by atoms with Crippen molar-refractivity contribution in [2.24, 2.45) is 0 Å². The molecule has 1 aliphatic rings. The fourth-order valence-corrected chi connectivity index (χ4v) is 2.61. The number of hydrogen-bond acceptors (Lipinski definition) is 0. The maximum absolute atomic E-state index is 13.6. The van der Waals surface area contributed by atoms with Gasteiger partial charge in [-0.2, -0.15) is 0 Å². The van der Waals surface area contributed by atoms with Crippen LogP contribution in [0.3, 0.4) is 0 Å². The van der Waals surface area contributed by atoms with E-state index >= 15 is 0 Å². The summed E-state index contributed by atoms with van der Waals surface area (Å²) < 4.78 is 27.2. The summed E-state index contributed by atoms with van der Waals surface area (Å²) in [6.45, 7) is 5.68. The first-order chi connectivity index (χ1) is 6.34. The number of rotatable bonds is 0. The monoisotopic (exact) mass is 196 g/mol. The van der Waals surface area contributed by atoms with Gasteiger partial charge in [-0.15, -0.1) is 0 Å². The molecule has 76 valence electrons. The summed E-state index contributed by atoms with van der Waals surface area (Å²) in [6, 6.07) is 5.17. The molecule has 0 spiro atoms. The summed E-state index contributed by atoms with van der Waals surface area (Å²) in [7, 11) is 0. The number of benzene rings is 1. The van der Waals surface area contributed by atoms with Crippen LogP contribution in [-0.4, -0.2) is 0 Å². The van der Waals surface area contributed by atoms with Crippen LogP contribution in [0.2, 0.25) is 0 Å². The maximum atomic E-state index is 13.6. The van der Waals surface area contributed by atoms with Gasteiger partial charge in [-0.25, -0.2) is 8.78 Å². The number of hydrogen-bond donors (Lipinski definition) is 0. The van der Waals surface area contributed by atoms with E-state index in [4.69, 9.17) is 0 Å². The lowest BCUT2D eigenvalue weighted by Crippen LogP contribution is -2.16. The van der Waals surface area contributed by atoms with Crippen molar-refractivity contribution >= 4 is 0 Å². The predicted molar refractivity (Wildman–Crippen MR) is 52.7 cm³/mol. The van der Waals surface area contributed by atoms with Crippen LogP contribution in [0.25, 0.3) is 0 Å². The van der Waals surface area contributed by atoms with Gasteiger partial charge in [0.05, 0.1) is 0 Å². The zero-order chi connectivity index (χ0) is 10.6. The molecule has 0 saturated heterocycles. The van der Waals surface area contributed by atoms with E-state index < -0.39 is 11.3 Å². The average molecular weight is 196 g/mol. The molecular weight excluding hydrogens is 182 g/mol. The molecule has 0 bridgehead atoms. The van der Waals surface area contributed by atoms with Gasteiger partial charge in [0.1, 0.15) is 0 Å². The average Bonchev–Trinajstić information content (AvgIpc) is 2.18. The lowest BCUT2D eigenvalue weighted by atomic mass is 9.84. The standard InChI is InChI=1S/C12H14F2/c1-8-5-4-6-9-10(8)11(2,3)7-12(9,13)14/h4-6H,7H2,1-3H3. The highest BCUT2D eigenvalue weighted by Crippen LogP contribution is 2.52. The molecule has 0 saturated carbocycles. The molecule has 0 N–H and O–H groups in total. The van der Waals surface area contributed by atoms with E-state index in [1.807, 2.05) is 26.8 Å². The molecule has 0 amide bonds. The Labute approximate surface area is 82.9 Å². The fraction of sp³-hybridized carbons (Fsp3) is 0.500. The molecule has 2 rings (SSSR count). The molecule has 0 fully saturated rings. The second-order valence-corrected chi connectivity index (χ2v) is 4.76. The second-order valence-electron chi connectivity index (χ2n) is 4.76. The first-order valence-electron chi connectivity index (χ1n) is 4.83. The van der Waals surface area contributed by atoms with Crippen LogP contribution in [0.15, 0.2) is 18.2 Å². The van der Waals surface area contributed by atoms with E-state index in [1.54, 1.807) is 12.1 Å². The molecule has 0 aliphatic heterocycles. The molecule has 0 aromatic heterocycles. The minimum Gasteiger partial charge on any atom is -0.201 e. The molecule has 0 atom stereocenters. The van der Waals surface area contributed by atoms with Crippen molar-refractivity contribution in [2.75, 3.05) is 0 Å². The van der Waals surface area contributed by atoms with Crippen LogP contribution < -0.4 is 0 Å². The van der Waals surface area contributed by atoms with Gasteiger partial charge >= 0.3 is 0 Å². The minimum atomic E-state index is -2.65. The van der Waals surface area contributed by atoms with Crippen LogP contribution in [0.4, 0.5) is 8.78 Å². The van der Waals surface area contributed by atoms with Gasteiger partial charge in [-0.3, -0.25) is 0 Å². The molecular formula is C12H14F2. The van der Waals surface area contributed by atoms with Crippen molar-refractivity contribution in [3.05, 3.63) is 34.9 Å². The first kappa shape index (κ1) is 9.63. The fourth-order valence-electron chi connectivity index (χ4n) is 2.61. The predicted octanol–water partition coefficient (Wildman–Crippen LogP) is 3.77. The SMILES string of the molecule is Cc1cccc2c1C(C)(C)CC2(F)F. The quantitative estimate of drug-likeness (QED) is 0.592. The van der Waals surface area contributed by atoms with Crippen LogP contribution in [0.1, 0.15) is 37.0 Å². The molecule has 1 aliphatic carbocycles. The normalized spacial score (nSPS) is 22.1. The highest BCUT2D eigenvalue weighted by Gasteiger charge is 2.49. The summed E-state index contributed by atoms with van der Waals surface area (Å²) in [5, 5.41) is 0. The van der Waals surface area contributed by atoms with E-state index in [2.05, 4.69) is 0 Å². The largest absolute Gasteiger partial charge is 0.274 e. The molecule has 0 heterocycles. The highest BCUT2D eigenvalue weighted by molar-refractivity contribution is 5.46. The van der Waals surface area contributed by atoms with Crippen LogP contribution in [0.5, 0.6) is 0 Å². The minimum absolute atomic E-state index is 0.0693. The van der Waals surface area contributed by atoms with Crippen molar-refractivity contribution < 1.29 is 8.78 Å². The molecule has 0 unspecified atom stereocenters. The lowest BCUT2D eigenvalue weighted by molar-refractivity contribution is -0.0141. The lowest BCUT2D eigenvalue weighted by Gasteiger charge is -2.20. The third kappa shape index (κ3) is 1.17. The number of halogens is 2.